The second-order valence-electron chi connectivity index (χ2n) is 4.82. The maximum atomic E-state index is 12.4. The zero-order valence-electron chi connectivity index (χ0n) is 13.3. The van der Waals surface area contributed by atoms with E-state index in [1.807, 2.05) is 19.1 Å². The highest BCUT2D eigenvalue weighted by atomic mass is 127. The maximum absolute atomic E-state index is 12.4. The van der Waals surface area contributed by atoms with Crippen LogP contribution in [0.4, 0.5) is 5.69 Å². The summed E-state index contributed by atoms with van der Waals surface area (Å²) in [6, 6.07) is 3.76. The van der Waals surface area contributed by atoms with Crippen molar-refractivity contribution in [2.45, 2.75) is 6.92 Å². The van der Waals surface area contributed by atoms with Gasteiger partial charge in [0.1, 0.15) is 5.70 Å². The summed E-state index contributed by atoms with van der Waals surface area (Å²) < 4.78 is 11.6. The SMILES string of the molecule is COC(=O)C1=C(C(=O)OC)N(c2ccc(Br)c(C)c2I)C=CC=C1. The van der Waals surface area contributed by atoms with E-state index in [0.29, 0.717) is 0 Å². The Balaban J connectivity index is 2.73. The first kappa shape index (κ1) is 18.7. The summed E-state index contributed by atoms with van der Waals surface area (Å²) in [5, 5.41) is 0. The molecule has 0 bridgehead atoms. The fraction of sp³-hybridized carbons (Fsp3) is 0.176. The number of rotatable bonds is 3. The predicted molar refractivity (Wildman–Crippen MR) is 103 cm³/mol. The van der Waals surface area contributed by atoms with Gasteiger partial charge >= 0.3 is 11.9 Å². The summed E-state index contributed by atoms with van der Waals surface area (Å²) >= 11 is 5.70. The molecule has 2 rings (SSSR count). The normalized spacial score (nSPS) is 13.8. The van der Waals surface area contributed by atoms with Crippen LogP contribution in [0.15, 0.2) is 52.3 Å². The van der Waals surface area contributed by atoms with E-state index in [0.717, 1.165) is 19.3 Å². The molecule has 126 valence electrons. The highest BCUT2D eigenvalue weighted by Gasteiger charge is 2.28. The number of carbonyl (C=O) groups is 2. The average Bonchev–Trinajstić information content (AvgIpc) is 2.81. The molecular formula is C17H15BrINO4. The molecule has 5 nitrogen and oxygen atoms in total. The number of halogens is 2. The fourth-order valence-corrected chi connectivity index (χ4v) is 3.62. The highest BCUT2D eigenvalue weighted by molar-refractivity contribution is 14.1. The molecule has 0 aromatic heterocycles. The van der Waals surface area contributed by atoms with E-state index in [1.54, 1.807) is 23.3 Å². The van der Waals surface area contributed by atoms with Crippen molar-refractivity contribution in [1.82, 2.24) is 0 Å². The first-order chi connectivity index (χ1) is 11.4. The summed E-state index contributed by atoms with van der Waals surface area (Å²) in [5.74, 6) is -1.23. The number of methoxy groups -OCH3 is 2. The second kappa shape index (κ2) is 7.98. The van der Waals surface area contributed by atoms with Crippen molar-refractivity contribution in [3.63, 3.8) is 0 Å². The van der Waals surface area contributed by atoms with Gasteiger partial charge in [-0.3, -0.25) is 0 Å². The van der Waals surface area contributed by atoms with Crippen molar-refractivity contribution < 1.29 is 19.1 Å². The third-order valence-corrected chi connectivity index (χ3v) is 5.67. The van der Waals surface area contributed by atoms with Crippen molar-refractivity contribution >= 4 is 56.1 Å². The Labute approximate surface area is 162 Å². The molecule has 24 heavy (non-hydrogen) atoms. The van der Waals surface area contributed by atoms with E-state index < -0.39 is 11.9 Å². The summed E-state index contributed by atoms with van der Waals surface area (Å²) in [6.07, 6.45) is 6.66. The number of carbonyl (C=O) groups excluding carboxylic acids is 2. The van der Waals surface area contributed by atoms with Gasteiger partial charge in [0.25, 0.3) is 0 Å². The van der Waals surface area contributed by atoms with Crippen LogP contribution in [-0.4, -0.2) is 26.2 Å². The third kappa shape index (κ3) is 3.56. The van der Waals surface area contributed by atoms with E-state index in [-0.39, 0.29) is 11.3 Å². The molecule has 0 unspecified atom stereocenters. The molecule has 1 aliphatic rings. The molecule has 1 aromatic carbocycles. The largest absolute Gasteiger partial charge is 0.465 e. The van der Waals surface area contributed by atoms with Crippen molar-refractivity contribution in [2.75, 3.05) is 19.1 Å². The van der Waals surface area contributed by atoms with Gasteiger partial charge in [-0.15, -0.1) is 0 Å². The van der Waals surface area contributed by atoms with Gasteiger partial charge in [-0.05, 0) is 59.4 Å². The summed E-state index contributed by atoms with van der Waals surface area (Å²) in [4.78, 5) is 26.2. The van der Waals surface area contributed by atoms with Gasteiger partial charge in [0, 0.05) is 14.2 Å². The first-order valence-corrected chi connectivity index (χ1v) is 8.79. The van der Waals surface area contributed by atoms with Crippen LogP contribution in [0.3, 0.4) is 0 Å². The quantitative estimate of drug-likeness (QED) is 0.463. The van der Waals surface area contributed by atoms with E-state index >= 15 is 0 Å². The van der Waals surface area contributed by atoms with Gasteiger partial charge < -0.3 is 14.4 Å². The van der Waals surface area contributed by atoms with Crippen LogP contribution in [-0.2, 0) is 19.1 Å². The Morgan fingerprint density at radius 1 is 1.12 bits per heavy atom. The van der Waals surface area contributed by atoms with Gasteiger partial charge in [0.2, 0.25) is 0 Å². The Hall–Kier alpha value is -1.61. The van der Waals surface area contributed by atoms with E-state index in [9.17, 15) is 9.59 Å². The van der Waals surface area contributed by atoms with Crippen molar-refractivity contribution in [1.29, 1.82) is 0 Å². The molecule has 0 saturated carbocycles. The topological polar surface area (TPSA) is 55.8 Å². The lowest BCUT2D eigenvalue weighted by atomic mass is 10.1. The van der Waals surface area contributed by atoms with Gasteiger partial charge in [-0.2, -0.15) is 0 Å². The number of ether oxygens (including phenoxy) is 2. The lowest BCUT2D eigenvalue weighted by Crippen LogP contribution is -2.27. The number of esters is 2. The zero-order valence-corrected chi connectivity index (χ0v) is 17.0. The van der Waals surface area contributed by atoms with Gasteiger partial charge in [-0.1, -0.05) is 22.0 Å². The second-order valence-corrected chi connectivity index (χ2v) is 6.75. The highest BCUT2D eigenvalue weighted by Crippen LogP contribution is 2.34. The number of hydrogen-bond donors (Lipinski definition) is 0. The molecule has 0 aliphatic carbocycles. The minimum Gasteiger partial charge on any atom is -0.465 e. The van der Waals surface area contributed by atoms with E-state index in [4.69, 9.17) is 9.47 Å². The molecule has 0 amide bonds. The Kier molecular flexibility index (Phi) is 6.22. The number of anilines is 1. The molecule has 1 aromatic rings. The van der Waals surface area contributed by atoms with Crippen LogP contribution in [0.5, 0.6) is 0 Å². The first-order valence-electron chi connectivity index (χ1n) is 6.92. The smallest absolute Gasteiger partial charge is 0.355 e. The minimum atomic E-state index is -0.622. The number of benzene rings is 1. The molecular weight excluding hydrogens is 489 g/mol. The molecule has 7 heteroatoms. The third-order valence-electron chi connectivity index (χ3n) is 3.45. The lowest BCUT2D eigenvalue weighted by molar-refractivity contribution is -0.139. The molecule has 0 N–H and O–H groups in total. The Morgan fingerprint density at radius 3 is 2.42 bits per heavy atom. The number of hydrogen-bond acceptors (Lipinski definition) is 5. The van der Waals surface area contributed by atoms with Crippen LogP contribution < -0.4 is 4.90 Å². The molecule has 0 radical (unpaired) electrons. The summed E-state index contributed by atoms with van der Waals surface area (Å²) in [5.41, 5.74) is 2.03. The molecule has 0 spiro atoms. The monoisotopic (exact) mass is 503 g/mol. The number of nitrogens with zero attached hydrogens (tertiary/aromatic N) is 1. The summed E-state index contributed by atoms with van der Waals surface area (Å²) in [7, 11) is 2.55. The van der Waals surface area contributed by atoms with Gasteiger partial charge in [-0.25, -0.2) is 9.59 Å². The zero-order chi connectivity index (χ0) is 17.9. The fourth-order valence-electron chi connectivity index (χ4n) is 2.18. The van der Waals surface area contributed by atoms with Crippen LogP contribution in [0.25, 0.3) is 0 Å². The molecule has 0 atom stereocenters. The number of allylic oxidation sites excluding steroid dienone is 2. The van der Waals surface area contributed by atoms with Crippen LogP contribution in [0.2, 0.25) is 0 Å². The van der Waals surface area contributed by atoms with Gasteiger partial charge in [0.15, 0.2) is 0 Å². The minimum absolute atomic E-state index is 0.106. The Morgan fingerprint density at radius 2 is 1.79 bits per heavy atom. The molecule has 0 fully saturated rings. The van der Waals surface area contributed by atoms with E-state index in [2.05, 4.69) is 38.5 Å². The lowest BCUT2D eigenvalue weighted by Gasteiger charge is -2.25. The van der Waals surface area contributed by atoms with Crippen molar-refractivity contribution in [3.05, 3.63) is 61.4 Å². The van der Waals surface area contributed by atoms with Crippen molar-refractivity contribution in [2.24, 2.45) is 0 Å². The predicted octanol–water partition coefficient (Wildman–Crippen LogP) is 3.85. The summed E-state index contributed by atoms with van der Waals surface area (Å²) in [6.45, 7) is 1.97. The molecule has 1 heterocycles. The van der Waals surface area contributed by atoms with Crippen molar-refractivity contribution in [3.8, 4) is 0 Å². The van der Waals surface area contributed by atoms with Gasteiger partial charge in [0.05, 0.1) is 25.5 Å². The van der Waals surface area contributed by atoms with E-state index in [1.165, 1.54) is 20.3 Å². The molecule has 1 aliphatic heterocycles. The Bertz CT molecular complexity index is 783. The van der Waals surface area contributed by atoms with Crippen LogP contribution >= 0.6 is 38.5 Å². The maximum Gasteiger partial charge on any atom is 0.355 e. The standard InChI is InChI=1S/C17H15BrINO4/c1-10-12(18)7-8-13(14(10)19)20-9-5-4-6-11(16(21)23-2)15(20)17(22)24-3/h4-9H,1-3H3. The van der Waals surface area contributed by atoms with Crippen LogP contribution in [0, 0.1) is 10.5 Å². The molecule has 0 saturated heterocycles. The average molecular weight is 504 g/mol. The van der Waals surface area contributed by atoms with Crippen LogP contribution in [0.1, 0.15) is 5.56 Å².